The van der Waals surface area contributed by atoms with E-state index in [1.165, 1.54) is 30.4 Å². The maximum atomic E-state index is 12.7. The summed E-state index contributed by atoms with van der Waals surface area (Å²) in [6.45, 7) is -1.65. The second-order valence-corrected chi connectivity index (χ2v) is 8.40. The Morgan fingerprint density at radius 2 is 1.84 bits per heavy atom. The largest absolute Gasteiger partial charge is 0.452 e. The van der Waals surface area contributed by atoms with Crippen LogP contribution in [0.4, 0.5) is 13.8 Å². The van der Waals surface area contributed by atoms with Crippen LogP contribution in [0, 0.1) is 0 Å². The molecule has 1 heterocycles. The fourth-order valence-corrected chi connectivity index (χ4v) is 4.79. The van der Waals surface area contributed by atoms with Crippen LogP contribution in [0.2, 0.25) is 0 Å². The Kier molecular flexibility index (Phi) is 8.15. The van der Waals surface area contributed by atoms with Crippen molar-refractivity contribution in [3.63, 3.8) is 0 Å². The van der Waals surface area contributed by atoms with Crippen LogP contribution in [0.1, 0.15) is 46.1 Å². The van der Waals surface area contributed by atoms with E-state index in [1.54, 1.807) is 12.1 Å². The lowest BCUT2D eigenvalue weighted by Crippen LogP contribution is -2.30. The van der Waals surface area contributed by atoms with Gasteiger partial charge in [0.05, 0.1) is 5.56 Å². The predicted molar refractivity (Wildman–Crippen MR) is 115 cm³/mol. The van der Waals surface area contributed by atoms with Gasteiger partial charge < -0.3 is 20.1 Å². The molecule has 32 heavy (non-hydrogen) atoms. The lowest BCUT2D eigenvalue weighted by molar-refractivity contribution is -0.124. The van der Waals surface area contributed by atoms with E-state index in [0.29, 0.717) is 17.0 Å². The standard InChI is InChI=1S/C22H24F2N2O5S/c1-13(27)26-20-19(16-4-2-3-5-17(16)32-20)21(29)30-12-18(28)25-11-10-14-6-8-15(9-7-14)31-22(23)24/h6-9,22H,2-5,10-12H2,1H3,(H,25,28)(H,26,27). The number of fused-ring (bicyclic) bond motifs is 1. The molecule has 0 aliphatic heterocycles. The van der Waals surface area contributed by atoms with Gasteiger partial charge in [-0.2, -0.15) is 8.78 Å². The molecular formula is C22H24F2N2O5S. The van der Waals surface area contributed by atoms with Crippen molar-refractivity contribution in [3.8, 4) is 5.75 Å². The van der Waals surface area contributed by atoms with E-state index >= 15 is 0 Å². The van der Waals surface area contributed by atoms with E-state index in [-0.39, 0.29) is 18.2 Å². The Hall–Kier alpha value is -3.01. The summed E-state index contributed by atoms with van der Waals surface area (Å²) in [6, 6.07) is 6.12. The van der Waals surface area contributed by atoms with E-state index in [9.17, 15) is 23.2 Å². The highest BCUT2D eigenvalue weighted by Crippen LogP contribution is 2.38. The number of rotatable bonds is 9. The van der Waals surface area contributed by atoms with Crippen molar-refractivity contribution in [3.05, 3.63) is 45.8 Å². The molecule has 0 fully saturated rings. The third-order valence-corrected chi connectivity index (χ3v) is 6.09. The van der Waals surface area contributed by atoms with Crippen LogP contribution in [0.15, 0.2) is 24.3 Å². The summed E-state index contributed by atoms with van der Waals surface area (Å²) >= 11 is 1.38. The van der Waals surface area contributed by atoms with E-state index < -0.39 is 25.1 Å². The number of thiophene rings is 1. The van der Waals surface area contributed by atoms with Crippen LogP contribution >= 0.6 is 11.3 Å². The van der Waals surface area contributed by atoms with Crippen LogP contribution in [-0.2, 0) is 33.6 Å². The molecule has 1 aliphatic rings. The second-order valence-electron chi connectivity index (χ2n) is 7.29. The summed E-state index contributed by atoms with van der Waals surface area (Å²) in [4.78, 5) is 37.3. The monoisotopic (exact) mass is 466 g/mol. The zero-order valence-electron chi connectivity index (χ0n) is 17.5. The Labute approximate surface area is 188 Å². The molecule has 2 N–H and O–H groups in total. The summed E-state index contributed by atoms with van der Waals surface area (Å²) in [6.07, 6.45) is 4.06. The van der Waals surface area contributed by atoms with Gasteiger partial charge in [0.15, 0.2) is 6.61 Å². The van der Waals surface area contributed by atoms with Crippen molar-refractivity contribution >= 4 is 34.1 Å². The number of amides is 2. The fraction of sp³-hybridized carbons (Fsp3) is 0.409. The van der Waals surface area contributed by atoms with Crippen LogP contribution in [0.5, 0.6) is 5.75 Å². The summed E-state index contributed by atoms with van der Waals surface area (Å²) in [5.74, 6) is -1.29. The topological polar surface area (TPSA) is 93.7 Å². The highest BCUT2D eigenvalue weighted by molar-refractivity contribution is 7.17. The van der Waals surface area contributed by atoms with Gasteiger partial charge in [-0.3, -0.25) is 9.59 Å². The number of hydrogen-bond acceptors (Lipinski definition) is 6. The van der Waals surface area contributed by atoms with E-state index in [4.69, 9.17) is 4.74 Å². The number of esters is 1. The third-order valence-electron chi connectivity index (χ3n) is 4.88. The van der Waals surface area contributed by atoms with Crippen molar-refractivity contribution in [1.29, 1.82) is 0 Å². The second kappa shape index (κ2) is 11.0. The van der Waals surface area contributed by atoms with Crippen molar-refractivity contribution in [2.75, 3.05) is 18.5 Å². The van der Waals surface area contributed by atoms with Crippen LogP contribution in [-0.4, -0.2) is 37.5 Å². The first-order valence-electron chi connectivity index (χ1n) is 10.2. The zero-order chi connectivity index (χ0) is 23.1. The molecule has 7 nitrogen and oxygen atoms in total. The summed E-state index contributed by atoms with van der Waals surface area (Å²) in [5, 5.41) is 5.81. The molecule has 0 unspecified atom stereocenters. The molecule has 0 atom stereocenters. The Morgan fingerprint density at radius 1 is 1.12 bits per heavy atom. The molecule has 1 aromatic carbocycles. The Bertz CT molecular complexity index is 975. The SMILES string of the molecule is CC(=O)Nc1sc2c(c1C(=O)OCC(=O)NCCc1ccc(OC(F)F)cc1)CCCC2. The maximum absolute atomic E-state index is 12.7. The normalized spacial score (nSPS) is 12.8. The molecule has 0 saturated carbocycles. The van der Waals surface area contributed by atoms with Gasteiger partial charge in [0.2, 0.25) is 5.91 Å². The van der Waals surface area contributed by atoms with Gasteiger partial charge in [0, 0.05) is 18.3 Å². The van der Waals surface area contributed by atoms with Gasteiger partial charge in [0.1, 0.15) is 10.8 Å². The molecule has 0 bridgehead atoms. The van der Waals surface area contributed by atoms with Crippen molar-refractivity contribution in [1.82, 2.24) is 5.32 Å². The number of halogens is 2. The number of anilines is 1. The van der Waals surface area contributed by atoms with Crippen LogP contribution in [0.25, 0.3) is 0 Å². The molecule has 1 aliphatic carbocycles. The number of benzene rings is 1. The number of carbonyl (C=O) groups is 3. The van der Waals surface area contributed by atoms with E-state index in [0.717, 1.165) is 41.7 Å². The summed E-state index contributed by atoms with van der Waals surface area (Å²) in [5.41, 5.74) is 2.07. The molecule has 2 amide bonds. The van der Waals surface area contributed by atoms with Gasteiger partial charge in [-0.1, -0.05) is 12.1 Å². The fourth-order valence-electron chi connectivity index (χ4n) is 3.47. The maximum Gasteiger partial charge on any atom is 0.387 e. The first-order chi connectivity index (χ1) is 15.3. The number of alkyl halides is 2. The lowest BCUT2D eigenvalue weighted by atomic mass is 9.95. The first kappa shape index (κ1) is 23.6. The quantitative estimate of drug-likeness (QED) is 0.550. The molecule has 10 heteroatoms. The average molecular weight is 467 g/mol. The van der Waals surface area contributed by atoms with Crippen molar-refractivity contribution in [2.45, 2.75) is 45.6 Å². The molecule has 1 aromatic heterocycles. The minimum absolute atomic E-state index is 0.0638. The number of aryl methyl sites for hydroxylation is 1. The number of carbonyl (C=O) groups excluding carboxylic acids is 3. The van der Waals surface area contributed by atoms with Crippen molar-refractivity contribution < 1.29 is 32.6 Å². The average Bonchev–Trinajstić information content (AvgIpc) is 3.10. The molecule has 2 aromatic rings. The summed E-state index contributed by atoms with van der Waals surface area (Å²) in [7, 11) is 0. The predicted octanol–water partition coefficient (Wildman–Crippen LogP) is 3.70. The van der Waals surface area contributed by atoms with Crippen LogP contribution < -0.4 is 15.4 Å². The van der Waals surface area contributed by atoms with Gasteiger partial charge >= 0.3 is 12.6 Å². The van der Waals surface area contributed by atoms with E-state index in [1.807, 2.05) is 0 Å². The molecule has 0 spiro atoms. The van der Waals surface area contributed by atoms with E-state index in [2.05, 4.69) is 15.4 Å². The van der Waals surface area contributed by atoms with Gasteiger partial charge in [-0.15, -0.1) is 11.3 Å². The van der Waals surface area contributed by atoms with Gasteiger partial charge in [-0.05, 0) is 55.4 Å². The highest BCUT2D eigenvalue weighted by atomic mass is 32.1. The Balaban J connectivity index is 1.49. The molecule has 3 rings (SSSR count). The molecule has 172 valence electrons. The molecule has 0 saturated heterocycles. The lowest BCUT2D eigenvalue weighted by Gasteiger charge is -2.13. The molecule has 0 radical (unpaired) electrons. The molecular weight excluding hydrogens is 442 g/mol. The zero-order valence-corrected chi connectivity index (χ0v) is 18.4. The highest BCUT2D eigenvalue weighted by Gasteiger charge is 2.27. The Morgan fingerprint density at radius 3 is 2.53 bits per heavy atom. The minimum atomic E-state index is -2.88. The van der Waals surface area contributed by atoms with Crippen LogP contribution in [0.3, 0.4) is 0 Å². The smallest absolute Gasteiger partial charge is 0.387 e. The third kappa shape index (κ3) is 6.49. The number of nitrogens with one attached hydrogen (secondary N) is 2. The first-order valence-corrected chi connectivity index (χ1v) is 11.0. The van der Waals surface area contributed by atoms with Crippen molar-refractivity contribution in [2.24, 2.45) is 0 Å². The number of hydrogen-bond donors (Lipinski definition) is 2. The van der Waals surface area contributed by atoms with Gasteiger partial charge in [0.25, 0.3) is 5.91 Å². The summed E-state index contributed by atoms with van der Waals surface area (Å²) < 4.78 is 33.8. The number of ether oxygens (including phenoxy) is 2. The van der Waals surface area contributed by atoms with Gasteiger partial charge in [-0.25, -0.2) is 4.79 Å². The minimum Gasteiger partial charge on any atom is -0.452 e.